The Morgan fingerprint density at radius 3 is 2.92 bits per heavy atom. The van der Waals surface area contributed by atoms with Crippen LogP contribution in [0.5, 0.6) is 0 Å². The standard InChI is InChI=1S/C18H21N7O/c1-12-16(17(24-23-12)20-13-5-3-2-4-6-13)22-18(26)14-11-25-10-9-19-8-7-15(25)21-14/h2-6,11,19H,7-10H2,1H3,(H,22,26)(H2,20,23,24). The molecule has 0 aliphatic carbocycles. The fourth-order valence-corrected chi connectivity index (χ4v) is 2.99. The molecular formula is C18H21N7O. The molecule has 4 rings (SSSR count). The van der Waals surface area contributed by atoms with Gasteiger partial charge < -0.3 is 20.5 Å². The zero-order chi connectivity index (χ0) is 17.9. The predicted octanol–water partition coefficient (Wildman–Crippen LogP) is 2.06. The summed E-state index contributed by atoms with van der Waals surface area (Å²) >= 11 is 0. The van der Waals surface area contributed by atoms with Crippen LogP contribution in [-0.4, -0.2) is 38.7 Å². The van der Waals surface area contributed by atoms with Crippen molar-refractivity contribution >= 4 is 23.1 Å². The number of nitrogens with zero attached hydrogens (tertiary/aromatic N) is 3. The first-order chi connectivity index (χ1) is 12.7. The highest BCUT2D eigenvalue weighted by molar-refractivity contribution is 6.05. The minimum Gasteiger partial charge on any atom is -0.337 e. The molecule has 0 bridgehead atoms. The molecular weight excluding hydrogens is 330 g/mol. The van der Waals surface area contributed by atoms with Gasteiger partial charge in [0, 0.05) is 37.9 Å². The molecule has 0 saturated heterocycles. The van der Waals surface area contributed by atoms with E-state index in [2.05, 4.69) is 31.1 Å². The number of carbonyl (C=O) groups is 1. The lowest BCUT2D eigenvalue weighted by Crippen LogP contribution is -2.18. The van der Waals surface area contributed by atoms with Crippen LogP contribution in [0.4, 0.5) is 17.2 Å². The van der Waals surface area contributed by atoms with Crippen molar-refractivity contribution in [3.63, 3.8) is 0 Å². The number of rotatable bonds is 4. The lowest BCUT2D eigenvalue weighted by Gasteiger charge is -2.07. The van der Waals surface area contributed by atoms with E-state index in [1.807, 2.05) is 48.0 Å². The zero-order valence-corrected chi connectivity index (χ0v) is 14.5. The first-order valence-corrected chi connectivity index (χ1v) is 8.66. The quantitative estimate of drug-likeness (QED) is 0.577. The number of aryl methyl sites for hydroxylation is 1. The molecule has 3 heterocycles. The van der Waals surface area contributed by atoms with Gasteiger partial charge in [0.2, 0.25) is 0 Å². The highest BCUT2D eigenvalue weighted by atomic mass is 16.1. The van der Waals surface area contributed by atoms with Gasteiger partial charge in [-0.05, 0) is 19.1 Å². The smallest absolute Gasteiger partial charge is 0.276 e. The Labute approximate surface area is 151 Å². The number of anilines is 3. The van der Waals surface area contributed by atoms with Crippen LogP contribution in [0.1, 0.15) is 22.0 Å². The number of imidazole rings is 1. The van der Waals surface area contributed by atoms with Gasteiger partial charge in [-0.3, -0.25) is 9.89 Å². The van der Waals surface area contributed by atoms with Crippen molar-refractivity contribution in [3.8, 4) is 0 Å². The fourth-order valence-electron chi connectivity index (χ4n) is 2.99. The summed E-state index contributed by atoms with van der Waals surface area (Å²) in [7, 11) is 0. The molecule has 0 saturated carbocycles. The molecule has 3 aromatic rings. The molecule has 1 aliphatic heterocycles. The number of fused-ring (bicyclic) bond motifs is 1. The second-order valence-corrected chi connectivity index (χ2v) is 6.25. The van der Waals surface area contributed by atoms with E-state index in [1.54, 1.807) is 0 Å². The number of hydrogen-bond donors (Lipinski definition) is 4. The summed E-state index contributed by atoms with van der Waals surface area (Å²) in [5.74, 6) is 1.28. The molecule has 1 amide bonds. The normalized spacial score (nSPS) is 13.7. The fraction of sp³-hybridized carbons (Fsp3) is 0.278. The Bertz CT molecular complexity index is 890. The lowest BCUT2D eigenvalue weighted by molar-refractivity contribution is 0.102. The monoisotopic (exact) mass is 351 g/mol. The number of para-hydroxylation sites is 1. The van der Waals surface area contributed by atoms with Crippen molar-refractivity contribution in [1.82, 2.24) is 25.1 Å². The third-order valence-corrected chi connectivity index (χ3v) is 4.37. The predicted molar refractivity (Wildman–Crippen MR) is 99.8 cm³/mol. The Hall–Kier alpha value is -3.13. The topological polar surface area (TPSA) is 99.7 Å². The Balaban J connectivity index is 1.54. The van der Waals surface area contributed by atoms with Crippen molar-refractivity contribution < 1.29 is 4.79 Å². The number of hydrogen-bond acceptors (Lipinski definition) is 5. The van der Waals surface area contributed by atoms with Crippen LogP contribution in [0.2, 0.25) is 0 Å². The summed E-state index contributed by atoms with van der Waals surface area (Å²) in [5, 5.41) is 16.6. The van der Waals surface area contributed by atoms with Crippen molar-refractivity contribution in [2.45, 2.75) is 19.9 Å². The van der Waals surface area contributed by atoms with Gasteiger partial charge in [0.25, 0.3) is 5.91 Å². The van der Waals surface area contributed by atoms with Gasteiger partial charge in [0.15, 0.2) is 5.82 Å². The number of aromatic amines is 1. The van der Waals surface area contributed by atoms with Gasteiger partial charge in [-0.15, -0.1) is 0 Å². The van der Waals surface area contributed by atoms with Gasteiger partial charge in [-0.25, -0.2) is 4.98 Å². The highest BCUT2D eigenvalue weighted by Crippen LogP contribution is 2.26. The van der Waals surface area contributed by atoms with E-state index in [-0.39, 0.29) is 5.91 Å². The minimum atomic E-state index is -0.237. The SMILES string of the molecule is Cc1[nH]nc(Nc2ccccc2)c1NC(=O)c1cn2c(n1)CCNCC2. The van der Waals surface area contributed by atoms with E-state index in [0.29, 0.717) is 17.2 Å². The van der Waals surface area contributed by atoms with Crippen LogP contribution in [0.15, 0.2) is 36.5 Å². The number of aromatic nitrogens is 4. The average molecular weight is 351 g/mol. The molecule has 0 atom stereocenters. The van der Waals surface area contributed by atoms with Gasteiger partial charge in [-0.1, -0.05) is 18.2 Å². The third-order valence-electron chi connectivity index (χ3n) is 4.37. The van der Waals surface area contributed by atoms with Crippen LogP contribution >= 0.6 is 0 Å². The van der Waals surface area contributed by atoms with E-state index in [9.17, 15) is 4.79 Å². The minimum absolute atomic E-state index is 0.237. The largest absolute Gasteiger partial charge is 0.337 e. The second-order valence-electron chi connectivity index (χ2n) is 6.25. The van der Waals surface area contributed by atoms with E-state index in [0.717, 1.165) is 43.3 Å². The second kappa shape index (κ2) is 7.01. The summed E-state index contributed by atoms with van der Waals surface area (Å²) in [6.07, 6.45) is 2.64. The molecule has 0 radical (unpaired) electrons. The van der Waals surface area contributed by atoms with Crippen LogP contribution in [0.3, 0.4) is 0 Å². The van der Waals surface area contributed by atoms with Crippen molar-refractivity contribution in [3.05, 3.63) is 53.7 Å². The molecule has 2 aromatic heterocycles. The molecule has 0 unspecified atom stereocenters. The molecule has 8 nitrogen and oxygen atoms in total. The van der Waals surface area contributed by atoms with Crippen LogP contribution in [-0.2, 0) is 13.0 Å². The van der Waals surface area contributed by atoms with E-state index in [1.165, 1.54) is 0 Å². The van der Waals surface area contributed by atoms with Gasteiger partial charge in [-0.2, -0.15) is 5.10 Å². The highest BCUT2D eigenvalue weighted by Gasteiger charge is 2.19. The molecule has 26 heavy (non-hydrogen) atoms. The van der Waals surface area contributed by atoms with E-state index < -0.39 is 0 Å². The molecule has 4 N–H and O–H groups in total. The maximum atomic E-state index is 12.7. The van der Waals surface area contributed by atoms with Crippen LogP contribution < -0.4 is 16.0 Å². The van der Waals surface area contributed by atoms with Gasteiger partial charge >= 0.3 is 0 Å². The number of amides is 1. The third kappa shape index (κ3) is 3.31. The van der Waals surface area contributed by atoms with Crippen molar-refractivity contribution in [1.29, 1.82) is 0 Å². The number of H-pyrrole nitrogens is 1. The van der Waals surface area contributed by atoms with E-state index >= 15 is 0 Å². The molecule has 134 valence electrons. The number of nitrogens with one attached hydrogen (secondary N) is 4. The Kier molecular flexibility index (Phi) is 4.40. The maximum absolute atomic E-state index is 12.7. The molecule has 0 fully saturated rings. The molecule has 8 heteroatoms. The summed E-state index contributed by atoms with van der Waals surface area (Å²) in [6.45, 7) is 4.45. The maximum Gasteiger partial charge on any atom is 0.276 e. The van der Waals surface area contributed by atoms with Gasteiger partial charge in [0.1, 0.15) is 17.2 Å². The summed E-state index contributed by atoms with van der Waals surface area (Å²) in [4.78, 5) is 17.2. The van der Waals surface area contributed by atoms with Crippen LogP contribution in [0.25, 0.3) is 0 Å². The van der Waals surface area contributed by atoms with Gasteiger partial charge in [0.05, 0.1) is 5.69 Å². The molecule has 1 aromatic carbocycles. The molecule has 0 spiro atoms. The van der Waals surface area contributed by atoms with Crippen molar-refractivity contribution in [2.75, 3.05) is 23.7 Å². The number of benzene rings is 1. The van der Waals surface area contributed by atoms with Crippen molar-refractivity contribution in [2.24, 2.45) is 0 Å². The Morgan fingerprint density at radius 2 is 2.08 bits per heavy atom. The van der Waals surface area contributed by atoms with E-state index in [4.69, 9.17) is 0 Å². The average Bonchev–Trinajstić information content (AvgIpc) is 3.13. The van der Waals surface area contributed by atoms with Crippen LogP contribution in [0, 0.1) is 6.92 Å². The first kappa shape index (κ1) is 16.3. The summed E-state index contributed by atoms with van der Waals surface area (Å²) < 4.78 is 2.04. The Morgan fingerprint density at radius 1 is 1.23 bits per heavy atom. The zero-order valence-electron chi connectivity index (χ0n) is 14.5. The summed E-state index contributed by atoms with van der Waals surface area (Å²) in [6, 6.07) is 9.70. The summed E-state index contributed by atoms with van der Waals surface area (Å²) in [5.41, 5.74) is 2.73. The molecule has 1 aliphatic rings. The number of carbonyl (C=O) groups excluding carboxylic acids is 1. The lowest BCUT2D eigenvalue weighted by atomic mass is 10.3. The first-order valence-electron chi connectivity index (χ1n) is 8.66.